The van der Waals surface area contributed by atoms with Crippen LogP contribution in [0.15, 0.2) is 48.0 Å². The van der Waals surface area contributed by atoms with Crippen LogP contribution in [-0.2, 0) is 11.2 Å². The summed E-state index contributed by atoms with van der Waals surface area (Å²) in [6, 6.07) is 14.1. The van der Waals surface area contributed by atoms with E-state index in [1.165, 1.54) is 11.1 Å². The molecule has 1 aliphatic carbocycles. The molecule has 0 fully saturated rings. The Hall–Kier alpha value is -3.43. The van der Waals surface area contributed by atoms with Crippen LogP contribution >= 0.6 is 0 Å². The average molecular weight is 459 g/mol. The van der Waals surface area contributed by atoms with Crippen molar-refractivity contribution in [1.82, 2.24) is 10.2 Å². The third-order valence-corrected chi connectivity index (χ3v) is 6.05. The highest BCUT2D eigenvalue weighted by molar-refractivity contribution is 6.02. The SMILES string of the molecule is C=C(N=C(C)c1ccc(OC(C)C)c(C#N)c1)c1cccc2c1CCC2CNCC(=O)N(C)C. The Labute approximate surface area is 203 Å². The molecule has 1 unspecified atom stereocenters. The van der Waals surface area contributed by atoms with E-state index >= 15 is 0 Å². The van der Waals surface area contributed by atoms with Gasteiger partial charge in [-0.15, -0.1) is 0 Å². The highest BCUT2D eigenvalue weighted by atomic mass is 16.5. The summed E-state index contributed by atoms with van der Waals surface area (Å²) >= 11 is 0. The van der Waals surface area contributed by atoms with Crippen LogP contribution in [0.1, 0.15) is 60.9 Å². The maximum Gasteiger partial charge on any atom is 0.236 e. The number of hydrogen-bond acceptors (Lipinski definition) is 5. The van der Waals surface area contributed by atoms with E-state index in [4.69, 9.17) is 9.73 Å². The van der Waals surface area contributed by atoms with Crippen molar-refractivity contribution in [3.8, 4) is 11.8 Å². The maximum absolute atomic E-state index is 11.8. The van der Waals surface area contributed by atoms with Crippen LogP contribution < -0.4 is 10.1 Å². The summed E-state index contributed by atoms with van der Waals surface area (Å²) in [7, 11) is 3.54. The summed E-state index contributed by atoms with van der Waals surface area (Å²) in [5.41, 5.74) is 6.53. The lowest BCUT2D eigenvalue weighted by atomic mass is 9.97. The molecular formula is C28H34N4O2. The van der Waals surface area contributed by atoms with E-state index in [9.17, 15) is 10.1 Å². The van der Waals surface area contributed by atoms with Gasteiger partial charge in [-0.25, -0.2) is 0 Å². The minimum absolute atomic E-state index is 0.000153. The first-order valence-corrected chi connectivity index (χ1v) is 11.7. The summed E-state index contributed by atoms with van der Waals surface area (Å²) in [6.07, 6.45) is 2.00. The van der Waals surface area contributed by atoms with Crippen molar-refractivity contribution in [2.45, 2.75) is 45.6 Å². The molecule has 34 heavy (non-hydrogen) atoms. The molecule has 0 saturated carbocycles. The fourth-order valence-corrected chi connectivity index (χ4v) is 4.26. The second-order valence-electron chi connectivity index (χ2n) is 9.16. The minimum Gasteiger partial charge on any atom is -0.490 e. The van der Waals surface area contributed by atoms with Gasteiger partial charge in [-0.3, -0.25) is 9.79 Å². The lowest BCUT2D eigenvalue weighted by Crippen LogP contribution is -2.34. The normalized spacial score (nSPS) is 15.1. The number of nitrogens with one attached hydrogen (secondary N) is 1. The zero-order chi connectivity index (χ0) is 24.8. The first-order valence-electron chi connectivity index (χ1n) is 11.7. The van der Waals surface area contributed by atoms with E-state index in [-0.39, 0.29) is 12.0 Å². The van der Waals surface area contributed by atoms with Gasteiger partial charge >= 0.3 is 0 Å². The van der Waals surface area contributed by atoms with Gasteiger partial charge in [0, 0.05) is 31.9 Å². The van der Waals surface area contributed by atoms with Crippen molar-refractivity contribution in [3.63, 3.8) is 0 Å². The number of rotatable bonds is 9. The highest BCUT2D eigenvalue weighted by Crippen LogP contribution is 2.37. The topological polar surface area (TPSA) is 77.7 Å². The third-order valence-electron chi connectivity index (χ3n) is 6.05. The van der Waals surface area contributed by atoms with Gasteiger partial charge in [0.2, 0.25) is 5.91 Å². The third kappa shape index (κ3) is 5.92. The number of carbonyl (C=O) groups excluding carboxylic acids is 1. The zero-order valence-corrected chi connectivity index (χ0v) is 20.8. The predicted molar refractivity (Wildman–Crippen MR) is 137 cm³/mol. The van der Waals surface area contributed by atoms with Gasteiger partial charge in [-0.05, 0) is 74.4 Å². The first kappa shape index (κ1) is 25.2. The van der Waals surface area contributed by atoms with Crippen LogP contribution in [0, 0.1) is 11.3 Å². The van der Waals surface area contributed by atoms with Crippen molar-refractivity contribution in [2.75, 3.05) is 27.2 Å². The maximum atomic E-state index is 11.8. The van der Waals surface area contributed by atoms with E-state index in [1.807, 2.05) is 39.0 Å². The van der Waals surface area contributed by atoms with Crippen molar-refractivity contribution < 1.29 is 9.53 Å². The number of ether oxygens (including phenoxy) is 1. The van der Waals surface area contributed by atoms with Crippen LogP contribution in [0.3, 0.4) is 0 Å². The number of nitriles is 1. The fourth-order valence-electron chi connectivity index (χ4n) is 4.26. The number of fused-ring (bicyclic) bond motifs is 1. The molecule has 178 valence electrons. The molecule has 2 aromatic carbocycles. The van der Waals surface area contributed by atoms with Crippen LogP contribution in [0.25, 0.3) is 5.70 Å². The molecule has 0 aromatic heterocycles. The smallest absolute Gasteiger partial charge is 0.236 e. The van der Waals surface area contributed by atoms with Gasteiger partial charge in [0.25, 0.3) is 0 Å². The zero-order valence-electron chi connectivity index (χ0n) is 20.8. The van der Waals surface area contributed by atoms with E-state index in [0.717, 1.165) is 36.2 Å². The number of hydrogen-bond donors (Lipinski definition) is 1. The summed E-state index contributed by atoms with van der Waals surface area (Å²) in [4.78, 5) is 18.2. The van der Waals surface area contributed by atoms with E-state index < -0.39 is 0 Å². The molecule has 2 aromatic rings. The number of carbonyl (C=O) groups is 1. The van der Waals surface area contributed by atoms with Gasteiger partial charge in [0.15, 0.2) is 0 Å². The second-order valence-corrected chi connectivity index (χ2v) is 9.16. The molecular weight excluding hydrogens is 424 g/mol. The highest BCUT2D eigenvalue weighted by Gasteiger charge is 2.25. The lowest BCUT2D eigenvalue weighted by molar-refractivity contribution is -0.127. The number of likely N-dealkylation sites (N-methyl/N-ethyl adjacent to an activating group) is 1. The molecule has 0 spiro atoms. The van der Waals surface area contributed by atoms with Crippen LogP contribution in [0.2, 0.25) is 0 Å². The van der Waals surface area contributed by atoms with Gasteiger partial charge in [-0.1, -0.05) is 24.8 Å². The molecule has 6 heteroatoms. The monoisotopic (exact) mass is 458 g/mol. The second kappa shape index (κ2) is 11.1. The summed E-state index contributed by atoms with van der Waals surface area (Å²) in [5.74, 6) is 1.03. The lowest BCUT2D eigenvalue weighted by Gasteiger charge is -2.16. The van der Waals surface area contributed by atoms with Crippen molar-refractivity contribution in [2.24, 2.45) is 4.99 Å². The molecule has 6 nitrogen and oxygen atoms in total. The molecule has 1 amide bonds. The Morgan fingerprint density at radius 1 is 1.32 bits per heavy atom. The van der Waals surface area contributed by atoms with Crippen LogP contribution in [0.4, 0.5) is 0 Å². The van der Waals surface area contributed by atoms with E-state index in [0.29, 0.717) is 29.5 Å². The Kier molecular flexibility index (Phi) is 8.25. The van der Waals surface area contributed by atoms with Crippen molar-refractivity contribution >= 4 is 17.3 Å². The van der Waals surface area contributed by atoms with Gasteiger partial charge in [0.1, 0.15) is 11.8 Å². The molecule has 0 radical (unpaired) electrons. The van der Waals surface area contributed by atoms with Gasteiger partial charge in [-0.2, -0.15) is 5.26 Å². The number of amides is 1. The Morgan fingerprint density at radius 3 is 2.76 bits per heavy atom. The Balaban J connectivity index is 1.77. The molecule has 0 bridgehead atoms. The van der Waals surface area contributed by atoms with Gasteiger partial charge in [0.05, 0.1) is 23.9 Å². The summed E-state index contributed by atoms with van der Waals surface area (Å²) in [6.45, 7) is 11.2. The van der Waals surface area contributed by atoms with E-state index in [2.05, 4.69) is 36.2 Å². The molecule has 0 heterocycles. The number of aliphatic imine (C=N–C) groups is 1. The Morgan fingerprint density at radius 2 is 2.09 bits per heavy atom. The quantitative estimate of drug-likeness (QED) is 0.560. The Bertz CT molecular complexity index is 1140. The van der Waals surface area contributed by atoms with Gasteiger partial charge < -0.3 is 15.0 Å². The molecule has 1 atom stereocenters. The molecule has 1 aliphatic rings. The standard InChI is InChI=1S/C28H34N4O2/c1-18(2)34-27-13-11-21(14-23(27)15-29)19(3)31-20(4)24-8-7-9-25-22(10-12-26(24)25)16-30-17-28(33)32(5)6/h7-9,11,13-14,18,22,30H,4,10,12,16-17H2,1-3,5-6H3. The van der Waals surface area contributed by atoms with Crippen LogP contribution in [-0.4, -0.2) is 49.8 Å². The van der Waals surface area contributed by atoms with Crippen LogP contribution in [0.5, 0.6) is 5.75 Å². The summed E-state index contributed by atoms with van der Waals surface area (Å²) in [5, 5.41) is 12.8. The molecule has 0 aliphatic heterocycles. The first-order chi connectivity index (χ1) is 16.2. The average Bonchev–Trinajstić information content (AvgIpc) is 3.21. The number of benzene rings is 2. The van der Waals surface area contributed by atoms with Crippen molar-refractivity contribution in [1.29, 1.82) is 5.26 Å². The predicted octanol–water partition coefficient (Wildman–Crippen LogP) is 4.53. The minimum atomic E-state index is 0.000153. The van der Waals surface area contributed by atoms with E-state index in [1.54, 1.807) is 19.0 Å². The number of nitrogens with zero attached hydrogens (tertiary/aromatic N) is 3. The molecule has 3 rings (SSSR count). The van der Waals surface area contributed by atoms with Crippen molar-refractivity contribution in [3.05, 3.63) is 70.8 Å². The summed E-state index contributed by atoms with van der Waals surface area (Å²) < 4.78 is 5.73. The molecule has 0 saturated heterocycles. The fraction of sp³-hybridized carbons (Fsp3) is 0.393. The largest absolute Gasteiger partial charge is 0.490 e. The molecule has 1 N–H and O–H groups in total.